The molecule has 0 radical (unpaired) electrons. The first-order valence-electron chi connectivity index (χ1n) is 7.62. The van der Waals surface area contributed by atoms with Crippen molar-refractivity contribution in [1.29, 1.82) is 0 Å². The maximum atomic E-state index is 13.0. The standard InChI is InChI=1S/C17H14Br3N3O2/c1-3-9(2)16-22-14-5-4-10(18)6-12(14)17(24)23(16)21-8-11-7-13(19)15(20)25-11/h4-9H,3H2,1-2H3/t9-/m1/s1. The third-order valence-corrected chi connectivity index (χ3v) is 6.05. The summed E-state index contributed by atoms with van der Waals surface area (Å²) in [6, 6.07) is 7.24. The molecule has 2 aromatic heterocycles. The van der Waals surface area contributed by atoms with Crippen LogP contribution in [-0.4, -0.2) is 15.9 Å². The zero-order chi connectivity index (χ0) is 18.1. The van der Waals surface area contributed by atoms with Gasteiger partial charge in [0.05, 0.1) is 21.6 Å². The maximum Gasteiger partial charge on any atom is 0.282 e. The van der Waals surface area contributed by atoms with Crippen LogP contribution in [0.15, 0.2) is 52.2 Å². The number of rotatable bonds is 4. The van der Waals surface area contributed by atoms with E-state index in [1.54, 1.807) is 12.1 Å². The van der Waals surface area contributed by atoms with Gasteiger partial charge < -0.3 is 4.42 Å². The Kier molecular flexibility index (Phi) is 5.60. The molecule has 0 saturated heterocycles. The van der Waals surface area contributed by atoms with E-state index >= 15 is 0 Å². The molecular weight excluding hydrogens is 518 g/mol. The normalized spacial score (nSPS) is 13.0. The minimum Gasteiger partial charge on any atom is -0.447 e. The summed E-state index contributed by atoms with van der Waals surface area (Å²) in [6.45, 7) is 4.08. The molecule has 25 heavy (non-hydrogen) atoms. The monoisotopic (exact) mass is 529 g/mol. The number of fused-ring (bicyclic) bond motifs is 1. The molecule has 3 aromatic rings. The van der Waals surface area contributed by atoms with Crippen LogP contribution in [0.5, 0.6) is 0 Å². The van der Waals surface area contributed by atoms with Gasteiger partial charge in [0.1, 0.15) is 11.6 Å². The molecule has 0 aliphatic rings. The number of furan rings is 1. The molecule has 0 aliphatic heterocycles. The number of aromatic nitrogens is 2. The topological polar surface area (TPSA) is 60.4 Å². The van der Waals surface area contributed by atoms with Crippen LogP contribution in [-0.2, 0) is 0 Å². The summed E-state index contributed by atoms with van der Waals surface area (Å²) in [5.41, 5.74) is 0.459. The lowest BCUT2D eigenvalue weighted by molar-refractivity contribution is 0.531. The Morgan fingerprint density at radius 3 is 2.72 bits per heavy atom. The van der Waals surface area contributed by atoms with Crippen LogP contribution < -0.4 is 5.56 Å². The van der Waals surface area contributed by atoms with E-state index in [0.717, 1.165) is 15.4 Å². The van der Waals surface area contributed by atoms with Crippen LogP contribution in [0.3, 0.4) is 0 Å². The predicted octanol–water partition coefficient (Wildman–Crippen LogP) is 5.67. The SMILES string of the molecule is CC[C@@H](C)c1nc2ccc(Br)cc2c(=O)n1N=Cc1cc(Br)c(Br)o1. The summed E-state index contributed by atoms with van der Waals surface area (Å²) in [5.74, 6) is 1.24. The lowest BCUT2D eigenvalue weighted by Gasteiger charge is -2.13. The molecule has 3 rings (SSSR count). The Morgan fingerprint density at radius 2 is 2.08 bits per heavy atom. The van der Waals surface area contributed by atoms with Crippen LogP contribution in [0.25, 0.3) is 10.9 Å². The smallest absolute Gasteiger partial charge is 0.282 e. The molecule has 0 spiro atoms. The molecule has 0 unspecified atom stereocenters. The van der Waals surface area contributed by atoms with Crippen molar-refractivity contribution in [3.05, 3.63) is 59.8 Å². The summed E-state index contributed by atoms with van der Waals surface area (Å²) in [5, 5.41) is 4.86. The third-order valence-electron chi connectivity index (χ3n) is 3.85. The fourth-order valence-corrected chi connectivity index (χ4v) is 3.29. The molecule has 0 amide bonds. The van der Waals surface area contributed by atoms with Gasteiger partial charge in [-0.15, -0.1) is 0 Å². The summed E-state index contributed by atoms with van der Waals surface area (Å²) >= 11 is 10.0. The van der Waals surface area contributed by atoms with Gasteiger partial charge in [0.15, 0.2) is 4.67 Å². The van der Waals surface area contributed by atoms with E-state index in [1.807, 2.05) is 19.1 Å². The molecule has 1 atom stereocenters. The zero-order valence-electron chi connectivity index (χ0n) is 13.5. The predicted molar refractivity (Wildman–Crippen MR) is 110 cm³/mol. The second kappa shape index (κ2) is 7.55. The van der Waals surface area contributed by atoms with Crippen molar-refractivity contribution in [3.8, 4) is 0 Å². The van der Waals surface area contributed by atoms with Crippen molar-refractivity contribution in [1.82, 2.24) is 9.66 Å². The number of hydrogen-bond donors (Lipinski definition) is 0. The molecule has 0 aliphatic carbocycles. The first-order chi connectivity index (χ1) is 11.9. The Balaban J connectivity index is 2.19. The van der Waals surface area contributed by atoms with Crippen molar-refractivity contribution in [3.63, 3.8) is 0 Å². The van der Waals surface area contributed by atoms with Crippen LogP contribution in [0.2, 0.25) is 0 Å². The summed E-state index contributed by atoms with van der Waals surface area (Å²) in [7, 11) is 0. The highest BCUT2D eigenvalue weighted by atomic mass is 79.9. The van der Waals surface area contributed by atoms with Crippen molar-refractivity contribution >= 4 is 64.9 Å². The van der Waals surface area contributed by atoms with E-state index < -0.39 is 0 Å². The minimum atomic E-state index is -0.206. The molecule has 130 valence electrons. The van der Waals surface area contributed by atoms with Crippen LogP contribution >= 0.6 is 47.8 Å². The summed E-state index contributed by atoms with van der Waals surface area (Å²) in [4.78, 5) is 17.6. The van der Waals surface area contributed by atoms with Crippen molar-refractivity contribution in [2.45, 2.75) is 26.2 Å². The molecule has 0 saturated carbocycles. The maximum absolute atomic E-state index is 13.0. The lowest BCUT2D eigenvalue weighted by Crippen LogP contribution is -2.23. The van der Waals surface area contributed by atoms with E-state index in [0.29, 0.717) is 27.2 Å². The summed E-state index contributed by atoms with van der Waals surface area (Å²) in [6.07, 6.45) is 2.36. The van der Waals surface area contributed by atoms with Gasteiger partial charge in [-0.05, 0) is 56.5 Å². The quantitative estimate of drug-likeness (QED) is 0.407. The van der Waals surface area contributed by atoms with E-state index in [9.17, 15) is 4.79 Å². The number of nitrogens with zero attached hydrogens (tertiary/aromatic N) is 3. The van der Waals surface area contributed by atoms with Crippen LogP contribution in [0.4, 0.5) is 0 Å². The van der Waals surface area contributed by atoms with Gasteiger partial charge in [-0.25, -0.2) is 4.98 Å². The van der Waals surface area contributed by atoms with E-state index in [2.05, 4.69) is 64.8 Å². The Labute approximate surface area is 169 Å². The van der Waals surface area contributed by atoms with Gasteiger partial charge in [0.25, 0.3) is 5.56 Å². The van der Waals surface area contributed by atoms with Gasteiger partial charge in [0, 0.05) is 16.5 Å². The molecule has 0 fully saturated rings. The molecular formula is C17H14Br3N3O2. The largest absolute Gasteiger partial charge is 0.447 e. The van der Waals surface area contributed by atoms with E-state index in [-0.39, 0.29) is 11.5 Å². The van der Waals surface area contributed by atoms with Crippen LogP contribution in [0, 0.1) is 0 Å². The Hall–Kier alpha value is -1.25. The second-order valence-electron chi connectivity index (χ2n) is 5.57. The van der Waals surface area contributed by atoms with Crippen molar-refractivity contribution in [2.75, 3.05) is 0 Å². The highest BCUT2D eigenvalue weighted by molar-refractivity contribution is 9.13. The highest BCUT2D eigenvalue weighted by Crippen LogP contribution is 2.26. The van der Waals surface area contributed by atoms with Crippen molar-refractivity contribution < 1.29 is 4.42 Å². The summed E-state index contributed by atoms with van der Waals surface area (Å²) < 4.78 is 9.02. The molecule has 0 bridgehead atoms. The Bertz CT molecular complexity index is 1000. The van der Waals surface area contributed by atoms with Crippen LogP contribution in [0.1, 0.15) is 37.8 Å². The minimum absolute atomic E-state index is 0.0907. The average Bonchev–Trinajstić information content (AvgIpc) is 2.91. The fourth-order valence-electron chi connectivity index (χ4n) is 2.32. The van der Waals surface area contributed by atoms with Gasteiger partial charge in [-0.3, -0.25) is 4.79 Å². The van der Waals surface area contributed by atoms with E-state index in [1.165, 1.54) is 10.9 Å². The molecule has 1 aromatic carbocycles. The second-order valence-corrected chi connectivity index (χ2v) is 8.06. The molecule has 0 N–H and O–H groups in total. The highest BCUT2D eigenvalue weighted by Gasteiger charge is 2.15. The molecule has 2 heterocycles. The van der Waals surface area contributed by atoms with E-state index in [4.69, 9.17) is 4.42 Å². The molecule has 5 nitrogen and oxygen atoms in total. The third kappa shape index (κ3) is 3.80. The van der Waals surface area contributed by atoms with Gasteiger partial charge in [0.2, 0.25) is 0 Å². The first kappa shape index (κ1) is 18.5. The van der Waals surface area contributed by atoms with Crippen molar-refractivity contribution in [2.24, 2.45) is 5.10 Å². The number of hydrogen-bond acceptors (Lipinski definition) is 4. The number of benzene rings is 1. The average molecular weight is 532 g/mol. The van der Waals surface area contributed by atoms with Gasteiger partial charge >= 0.3 is 0 Å². The molecule has 8 heteroatoms. The number of halogens is 3. The Morgan fingerprint density at radius 1 is 1.32 bits per heavy atom. The fraction of sp³-hybridized carbons (Fsp3) is 0.235. The zero-order valence-corrected chi connectivity index (χ0v) is 18.2. The first-order valence-corrected chi connectivity index (χ1v) is 10.00. The lowest BCUT2D eigenvalue weighted by atomic mass is 10.1. The van der Waals surface area contributed by atoms with Gasteiger partial charge in [-0.1, -0.05) is 29.8 Å². The van der Waals surface area contributed by atoms with Gasteiger partial charge in [-0.2, -0.15) is 9.78 Å².